The van der Waals surface area contributed by atoms with E-state index in [1.165, 1.54) is 81.2 Å². The zero-order valence-electron chi connectivity index (χ0n) is 58.7. The zero-order valence-corrected chi connectivity index (χ0v) is 60.9. The van der Waals surface area contributed by atoms with E-state index in [0.29, 0.717) is 27.8 Å². The number of ether oxygens (including phenoxy) is 3. The number of rotatable bonds is 20. The third-order valence-electron chi connectivity index (χ3n) is 14.2. The standard InChI is InChI=1S/C24H30N2O5.C19H17N3O6.C18H24N2O4.C9H6O2.C6H4INO2/c1-15(31-24(2,3)4)21(22(27)26-29-5)25-23(28)30-14-20-18-12-8-6-10-16(18)17-11-7-9-13-19(17)20;1-12(23)17(19(25)21-26)20-18(24)15-9-7-13(8-10-15)5-6-14-3-2-4-16(11-14)22(27)28;1-7-13-8-10-14(11-9-13)16(21)19-15(17(22)20-23-6)12(2)24-18(3,4)5;1-2-7-3-5-8(6-4-7)9(10)11;7-5-2-1-3-6(4-5)8(9)10/h6-13,15,20-21H,14H2,1-5H3,(H,25,28)(H,26,27);2-4,7-12,17,23,26H,1H3,(H,20,24)(H,21,25);1,8-12,15H,2-6H3,(H,19,21)(H,20,22);1,3-6H,(H,10,11);1-4H/t15-,21?;12-,17?;12-,15?;;/m111../s1. The Kier molecular flexibility index (Phi) is 33.9. The van der Waals surface area contributed by atoms with Gasteiger partial charge >= 0.3 is 12.1 Å². The molecule has 104 heavy (non-hydrogen) atoms. The summed E-state index contributed by atoms with van der Waals surface area (Å²) in [6.45, 7) is 16.1. The number of aliphatic hydroxyl groups excluding tert-OH is 1. The number of non-ortho nitro benzene ring substituents is 2. The summed E-state index contributed by atoms with van der Waals surface area (Å²) >= 11 is 2.03. The van der Waals surface area contributed by atoms with Gasteiger partial charge in [-0.3, -0.25) is 59.1 Å². The maximum absolute atomic E-state index is 12.6. The number of amides is 6. The van der Waals surface area contributed by atoms with Crippen LogP contribution >= 0.6 is 22.6 Å². The lowest BCUT2D eigenvalue weighted by Gasteiger charge is -2.30. The number of aliphatic hydroxyl groups is 1. The molecule has 0 spiro atoms. The maximum Gasteiger partial charge on any atom is 0.407 e. The van der Waals surface area contributed by atoms with Crippen LogP contribution in [0.4, 0.5) is 16.2 Å². The molecule has 546 valence electrons. The number of alkyl carbamates (subject to hydrolysis) is 1. The van der Waals surface area contributed by atoms with E-state index in [1.54, 1.807) is 74.5 Å². The highest BCUT2D eigenvalue weighted by atomic mass is 127. The fourth-order valence-electron chi connectivity index (χ4n) is 9.63. The second-order valence-corrected chi connectivity index (χ2v) is 25.6. The predicted molar refractivity (Wildman–Crippen MR) is 394 cm³/mol. The van der Waals surface area contributed by atoms with E-state index in [4.69, 9.17) is 42.2 Å². The molecule has 0 radical (unpaired) electrons. The molecule has 0 aliphatic heterocycles. The Balaban J connectivity index is 0.000000291. The Hall–Kier alpha value is -11.4. The van der Waals surface area contributed by atoms with E-state index in [-0.39, 0.29) is 35.0 Å². The Morgan fingerprint density at radius 3 is 1.34 bits per heavy atom. The third-order valence-corrected chi connectivity index (χ3v) is 14.9. The number of nitro benzene ring substituents is 2. The van der Waals surface area contributed by atoms with Crippen LogP contribution in [0.15, 0.2) is 170 Å². The second kappa shape index (κ2) is 41.5. The monoisotopic (exact) mass is 1540 g/mol. The summed E-state index contributed by atoms with van der Waals surface area (Å²) in [4.78, 5) is 113. The van der Waals surface area contributed by atoms with Crippen molar-refractivity contribution in [1.29, 1.82) is 0 Å². The molecule has 0 heterocycles. The topological polar surface area (TPSA) is 385 Å². The lowest BCUT2D eigenvalue weighted by Crippen LogP contribution is -2.54. The van der Waals surface area contributed by atoms with Gasteiger partial charge in [0.15, 0.2) is 0 Å². The summed E-state index contributed by atoms with van der Waals surface area (Å²) < 4.78 is 18.1. The Labute approximate surface area is 615 Å². The van der Waals surface area contributed by atoms with Crippen LogP contribution in [0.2, 0.25) is 0 Å². The molecule has 0 saturated carbocycles. The van der Waals surface area contributed by atoms with Crippen molar-refractivity contribution in [3.8, 4) is 47.7 Å². The molecule has 27 nitrogen and oxygen atoms in total. The van der Waals surface area contributed by atoms with E-state index in [2.05, 4.69) is 79.7 Å². The van der Waals surface area contributed by atoms with Crippen LogP contribution in [-0.2, 0) is 38.3 Å². The summed E-state index contributed by atoms with van der Waals surface area (Å²) in [5.41, 5.74) is 12.8. The number of nitrogens with one attached hydrogen (secondary N) is 6. The van der Waals surface area contributed by atoms with Crippen molar-refractivity contribution in [3.63, 3.8) is 0 Å². The Bertz CT molecular complexity index is 4220. The lowest BCUT2D eigenvalue weighted by molar-refractivity contribution is -0.385. The van der Waals surface area contributed by atoms with Gasteiger partial charge in [0.25, 0.3) is 40.9 Å². The van der Waals surface area contributed by atoms with Gasteiger partial charge in [0.2, 0.25) is 0 Å². The number of halogens is 1. The van der Waals surface area contributed by atoms with Crippen molar-refractivity contribution in [2.45, 2.75) is 116 Å². The van der Waals surface area contributed by atoms with Gasteiger partial charge in [-0.05, 0) is 192 Å². The van der Waals surface area contributed by atoms with E-state index in [1.807, 2.05) is 94.5 Å². The largest absolute Gasteiger partial charge is 0.478 e. The lowest BCUT2D eigenvalue weighted by atomic mass is 9.98. The molecule has 6 amide bonds. The smallest absolute Gasteiger partial charge is 0.407 e. The minimum atomic E-state index is -1.31. The fraction of sp³-hybridized carbons (Fsp3) is 0.276. The van der Waals surface area contributed by atoms with E-state index in [9.17, 15) is 58.9 Å². The SMILES string of the molecule is C#Cc1ccc(C(=O)NC(C(=O)NOC)[C@@H](C)OC(C)(C)C)cc1.C#Cc1ccc(C(=O)O)cc1.CONC(=O)C(NC(=O)OCC1c2ccccc2-c2ccccc21)[C@@H](C)OC(C)(C)C.C[C@@H](O)C(NC(=O)c1ccc(C#Cc2cccc([N+](=O)[O-])c2)cc1)C(=O)NO.O=[N+]([O-])c1cccc(I)c1. The predicted octanol–water partition coefficient (Wildman–Crippen LogP) is 9.97. The molecule has 1 aliphatic rings. The van der Waals surface area contributed by atoms with Gasteiger partial charge < -0.3 is 40.4 Å². The van der Waals surface area contributed by atoms with Crippen LogP contribution in [0.3, 0.4) is 0 Å². The highest BCUT2D eigenvalue weighted by molar-refractivity contribution is 14.1. The first kappa shape index (κ1) is 85.0. The first-order valence-corrected chi connectivity index (χ1v) is 32.7. The van der Waals surface area contributed by atoms with Crippen LogP contribution in [0.1, 0.15) is 133 Å². The molecule has 1 aliphatic carbocycles. The number of hydrogen-bond acceptors (Lipinski definition) is 18. The Morgan fingerprint density at radius 1 is 0.538 bits per heavy atom. The van der Waals surface area contributed by atoms with Gasteiger partial charge in [0.05, 0.1) is 59.1 Å². The number of benzene rings is 7. The minimum absolute atomic E-state index is 0.0570. The summed E-state index contributed by atoms with van der Waals surface area (Å²) in [6, 6.07) is 44.2. The fourth-order valence-corrected chi connectivity index (χ4v) is 10.2. The molecule has 0 bridgehead atoms. The average Bonchev–Trinajstić information content (AvgIpc) is 1.62. The number of carbonyl (C=O) groups is 7. The van der Waals surface area contributed by atoms with Crippen LogP contribution in [-0.4, -0.2) is 135 Å². The van der Waals surface area contributed by atoms with Crippen LogP contribution in [0.5, 0.6) is 0 Å². The molecule has 3 unspecified atom stereocenters. The number of terminal acetylenes is 2. The molecule has 6 atom stereocenters. The van der Waals surface area contributed by atoms with E-state index < -0.39 is 99.1 Å². The van der Waals surface area contributed by atoms with Crippen LogP contribution in [0.25, 0.3) is 11.1 Å². The van der Waals surface area contributed by atoms with Gasteiger partial charge in [-0.25, -0.2) is 26.0 Å². The van der Waals surface area contributed by atoms with Gasteiger partial charge in [-0.1, -0.05) is 84.3 Å². The molecular formula is C76H81IN8O19. The summed E-state index contributed by atoms with van der Waals surface area (Å²) in [5, 5.41) is 55.2. The summed E-state index contributed by atoms with van der Waals surface area (Å²) in [6.07, 6.45) is 7.31. The highest BCUT2D eigenvalue weighted by Gasteiger charge is 2.35. The van der Waals surface area contributed by atoms with E-state index in [0.717, 1.165) is 25.8 Å². The molecule has 0 saturated heterocycles. The molecule has 9 N–H and O–H groups in total. The number of carboxylic acids is 1. The van der Waals surface area contributed by atoms with Crippen molar-refractivity contribution in [3.05, 3.63) is 244 Å². The molecule has 28 heteroatoms. The van der Waals surface area contributed by atoms with Crippen molar-refractivity contribution >= 4 is 75.6 Å². The van der Waals surface area contributed by atoms with E-state index >= 15 is 0 Å². The van der Waals surface area contributed by atoms with Crippen LogP contribution < -0.4 is 32.4 Å². The van der Waals surface area contributed by atoms with Crippen molar-refractivity contribution in [2.75, 3.05) is 20.8 Å². The highest BCUT2D eigenvalue weighted by Crippen LogP contribution is 2.44. The number of carboxylic acid groups (broad SMARTS) is 1. The summed E-state index contributed by atoms with van der Waals surface area (Å²) in [7, 11) is 2.65. The second-order valence-electron chi connectivity index (χ2n) is 24.4. The van der Waals surface area contributed by atoms with Gasteiger partial charge in [-0.2, -0.15) is 0 Å². The average molecular weight is 1540 g/mol. The zero-order chi connectivity index (χ0) is 77.4. The number of nitrogens with zero attached hydrogens (tertiary/aromatic N) is 2. The van der Waals surface area contributed by atoms with Gasteiger partial charge in [-0.15, -0.1) is 12.8 Å². The molecular weight excluding hydrogens is 1460 g/mol. The molecule has 8 rings (SSSR count). The maximum atomic E-state index is 12.6. The van der Waals surface area contributed by atoms with Crippen molar-refractivity contribution in [1.82, 2.24) is 32.4 Å². The number of carbonyl (C=O) groups excluding carboxylic acids is 6. The molecule has 7 aromatic carbocycles. The number of hydroxylamine groups is 3. The number of nitro groups is 2. The molecule has 7 aromatic rings. The molecule has 0 aromatic heterocycles. The normalized spacial score (nSPS) is 12.6. The first-order chi connectivity index (χ1) is 49.1. The summed E-state index contributed by atoms with van der Waals surface area (Å²) in [5.74, 6) is 6.54. The molecule has 0 fully saturated rings. The van der Waals surface area contributed by atoms with Crippen LogP contribution in [0, 0.1) is 60.3 Å². The van der Waals surface area contributed by atoms with Crippen molar-refractivity contribution < 1.29 is 82.7 Å². The number of aromatic carboxylic acids is 1. The van der Waals surface area contributed by atoms with Crippen molar-refractivity contribution in [2.24, 2.45) is 0 Å². The number of fused-ring (bicyclic) bond motifs is 3. The third kappa shape index (κ3) is 28.2. The first-order valence-electron chi connectivity index (χ1n) is 31.6. The number of hydrogen-bond donors (Lipinski definition) is 9. The quantitative estimate of drug-likeness (QED) is 0.0113. The van der Waals surface area contributed by atoms with Gasteiger partial charge in [0, 0.05) is 67.1 Å². The van der Waals surface area contributed by atoms with Gasteiger partial charge in [0.1, 0.15) is 24.7 Å². The Morgan fingerprint density at radius 2 is 0.942 bits per heavy atom. The minimum Gasteiger partial charge on any atom is -0.478 e.